The maximum absolute atomic E-state index is 11.5. The highest BCUT2D eigenvalue weighted by Crippen LogP contribution is 2.01. The molecule has 5 nitrogen and oxygen atoms in total. The number of amides is 2. The summed E-state index contributed by atoms with van der Waals surface area (Å²) in [7, 11) is 1.61. The van der Waals surface area contributed by atoms with E-state index in [-0.39, 0.29) is 11.8 Å². The molecule has 2 N–H and O–H groups in total. The summed E-state index contributed by atoms with van der Waals surface area (Å²) in [6.45, 7) is 5.63. The van der Waals surface area contributed by atoms with Gasteiger partial charge in [0, 0.05) is 33.0 Å². The van der Waals surface area contributed by atoms with Crippen molar-refractivity contribution in [2.24, 2.45) is 0 Å². The lowest BCUT2D eigenvalue weighted by molar-refractivity contribution is -0.122. The second-order valence-electron chi connectivity index (χ2n) is 5.21. The zero-order chi connectivity index (χ0) is 15.2. The zero-order valence-electron chi connectivity index (χ0n) is 13.2. The minimum atomic E-state index is -0.0126. The molecule has 20 heavy (non-hydrogen) atoms. The van der Waals surface area contributed by atoms with E-state index in [9.17, 15) is 9.59 Å². The van der Waals surface area contributed by atoms with Crippen LogP contribution < -0.4 is 10.6 Å². The molecule has 0 aromatic rings. The summed E-state index contributed by atoms with van der Waals surface area (Å²) in [5.41, 5.74) is 0. The molecule has 0 heterocycles. The van der Waals surface area contributed by atoms with Crippen LogP contribution in [0.5, 0.6) is 0 Å². The second kappa shape index (κ2) is 12.9. The lowest BCUT2D eigenvalue weighted by Gasteiger charge is -2.07. The third-order valence-electron chi connectivity index (χ3n) is 2.93. The summed E-state index contributed by atoms with van der Waals surface area (Å²) in [5.74, 6) is 0.0264. The summed E-state index contributed by atoms with van der Waals surface area (Å²) in [4.78, 5) is 22.4. The minimum absolute atomic E-state index is 0.0126. The monoisotopic (exact) mass is 286 g/mol. The molecule has 0 saturated carbocycles. The standard InChI is InChI=1S/C15H30N2O3/c1-13(2)20-12-7-5-4-6-11-17-15(19)10-8-9-14(18)16-3/h13H,4-12H2,1-3H3,(H,16,18)(H,17,19). The van der Waals surface area contributed by atoms with Crippen molar-refractivity contribution in [1.29, 1.82) is 0 Å². The predicted octanol–water partition coefficient (Wildman–Crippen LogP) is 2.00. The normalized spacial score (nSPS) is 10.6. The fraction of sp³-hybridized carbons (Fsp3) is 0.867. The first kappa shape index (κ1) is 18.9. The van der Waals surface area contributed by atoms with Crippen LogP contribution in [0.25, 0.3) is 0 Å². The molecule has 0 spiro atoms. The van der Waals surface area contributed by atoms with Crippen LogP contribution in [-0.4, -0.2) is 38.1 Å². The lowest BCUT2D eigenvalue weighted by Crippen LogP contribution is -2.25. The first-order valence-electron chi connectivity index (χ1n) is 7.65. The number of unbranched alkanes of at least 4 members (excludes halogenated alkanes) is 3. The number of carbonyl (C=O) groups excluding carboxylic acids is 2. The van der Waals surface area contributed by atoms with Crippen molar-refractivity contribution in [3.8, 4) is 0 Å². The van der Waals surface area contributed by atoms with E-state index in [4.69, 9.17) is 4.74 Å². The molecule has 0 bridgehead atoms. The molecule has 2 amide bonds. The molecular formula is C15H30N2O3. The Morgan fingerprint density at radius 1 is 0.950 bits per heavy atom. The fourth-order valence-electron chi connectivity index (χ4n) is 1.75. The van der Waals surface area contributed by atoms with E-state index in [0.717, 1.165) is 38.8 Å². The molecule has 0 aliphatic heterocycles. The summed E-state index contributed by atoms with van der Waals surface area (Å²) in [6.07, 6.45) is 6.09. The largest absolute Gasteiger partial charge is 0.379 e. The first-order valence-corrected chi connectivity index (χ1v) is 7.65. The van der Waals surface area contributed by atoms with Gasteiger partial charge in [-0.25, -0.2) is 0 Å². The van der Waals surface area contributed by atoms with Crippen molar-refractivity contribution in [3.05, 3.63) is 0 Å². The molecule has 0 fully saturated rings. The maximum Gasteiger partial charge on any atom is 0.220 e. The highest BCUT2D eigenvalue weighted by Gasteiger charge is 2.03. The van der Waals surface area contributed by atoms with Crippen LogP contribution in [0.15, 0.2) is 0 Å². The number of ether oxygens (including phenoxy) is 1. The van der Waals surface area contributed by atoms with Crippen molar-refractivity contribution in [1.82, 2.24) is 10.6 Å². The molecule has 5 heteroatoms. The van der Waals surface area contributed by atoms with Gasteiger partial charge in [0.15, 0.2) is 0 Å². The Labute approximate surface area is 122 Å². The van der Waals surface area contributed by atoms with Crippen LogP contribution in [0.2, 0.25) is 0 Å². The third kappa shape index (κ3) is 13.3. The van der Waals surface area contributed by atoms with Gasteiger partial charge in [0.25, 0.3) is 0 Å². The Kier molecular flexibility index (Phi) is 12.2. The van der Waals surface area contributed by atoms with E-state index in [2.05, 4.69) is 10.6 Å². The number of hydrogen-bond acceptors (Lipinski definition) is 3. The SMILES string of the molecule is CNC(=O)CCCC(=O)NCCCCCCOC(C)C. The van der Waals surface area contributed by atoms with Crippen LogP contribution in [0.1, 0.15) is 58.8 Å². The Morgan fingerprint density at radius 3 is 2.25 bits per heavy atom. The Balaban J connectivity index is 3.25. The Morgan fingerprint density at radius 2 is 1.60 bits per heavy atom. The number of carbonyl (C=O) groups is 2. The molecule has 0 aromatic heterocycles. The van der Waals surface area contributed by atoms with Crippen LogP contribution in [0.3, 0.4) is 0 Å². The second-order valence-corrected chi connectivity index (χ2v) is 5.21. The molecule has 0 radical (unpaired) electrons. The molecule has 118 valence electrons. The minimum Gasteiger partial charge on any atom is -0.379 e. The van der Waals surface area contributed by atoms with E-state index in [1.54, 1.807) is 7.05 Å². The van der Waals surface area contributed by atoms with Gasteiger partial charge >= 0.3 is 0 Å². The summed E-state index contributed by atoms with van der Waals surface area (Å²) >= 11 is 0. The van der Waals surface area contributed by atoms with Crippen LogP contribution in [-0.2, 0) is 14.3 Å². The van der Waals surface area contributed by atoms with Crippen molar-refractivity contribution in [2.45, 2.75) is 64.9 Å². The fourth-order valence-corrected chi connectivity index (χ4v) is 1.75. The van der Waals surface area contributed by atoms with Gasteiger partial charge < -0.3 is 15.4 Å². The van der Waals surface area contributed by atoms with Crippen LogP contribution in [0, 0.1) is 0 Å². The van der Waals surface area contributed by atoms with Crippen molar-refractivity contribution in [3.63, 3.8) is 0 Å². The Hall–Kier alpha value is -1.10. The number of rotatable bonds is 12. The molecular weight excluding hydrogens is 256 g/mol. The molecule has 0 saturated heterocycles. The van der Waals surface area contributed by atoms with E-state index in [1.165, 1.54) is 0 Å². The average Bonchev–Trinajstić information content (AvgIpc) is 2.41. The Bertz CT molecular complexity index is 268. The van der Waals surface area contributed by atoms with Crippen molar-refractivity contribution < 1.29 is 14.3 Å². The number of hydrogen-bond donors (Lipinski definition) is 2. The van der Waals surface area contributed by atoms with Crippen LogP contribution >= 0.6 is 0 Å². The summed E-state index contributed by atoms with van der Waals surface area (Å²) in [5, 5.41) is 5.42. The molecule has 0 aliphatic carbocycles. The quantitative estimate of drug-likeness (QED) is 0.539. The lowest BCUT2D eigenvalue weighted by atomic mass is 10.2. The van der Waals surface area contributed by atoms with Gasteiger partial charge in [-0.15, -0.1) is 0 Å². The van der Waals surface area contributed by atoms with Gasteiger partial charge in [-0.3, -0.25) is 9.59 Å². The van der Waals surface area contributed by atoms with Gasteiger partial charge in [0.05, 0.1) is 6.10 Å². The smallest absolute Gasteiger partial charge is 0.220 e. The van der Waals surface area contributed by atoms with Crippen molar-refractivity contribution >= 4 is 11.8 Å². The maximum atomic E-state index is 11.5. The van der Waals surface area contributed by atoms with E-state index in [1.807, 2.05) is 13.8 Å². The van der Waals surface area contributed by atoms with E-state index >= 15 is 0 Å². The molecule has 0 atom stereocenters. The topological polar surface area (TPSA) is 67.4 Å². The van der Waals surface area contributed by atoms with Gasteiger partial charge in [0.1, 0.15) is 0 Å². The predicted molar refractivity (Wildman–Crippen MR) is 80.5 cm³/mol. The van der Waals surface area contributed by atoms with E-state index < -0.39 is 0 Å². The highest BCUT2D eigenvalue weighted by atomic mass is 16.5. The van der Waals surface area contributed by atoms with Gasteiger partial charge in [-0.05, 0) is 33.1 Å². The van der Waals surface area contributed by atoms with Gasteiger partial charge in [0.2, 0.25) is 11.8 Å². The molecule has 0 unspecified atom stereocenters. The van der Waals surface area contributed by atoms with Gasteiger partial charge in [-0.1, -0.05) is 12.8 Å². The average molecular weight is 286 g/mol. The first-order chi connectivity index (χ1) is 9.56. The highest BCUT2D eigenvalue weighted by molar-refractivity contribution is 5.78. The third-order valence-corrected chi connectivity index (χ3v) is 2.93. The molecule has 0 aliphatic rings. The molecule has 0 rings (SSSR count). The zero-order valence-corrected chi connectivity index (χ0v) is 13.2. The number of nitrogens with one attached hydrogen (secondary N) is 2. The van der Waals surface area contributed by atoms with Crippen molar-refractivity contribution in [2.75, 3.05) is 20.2 Å². The van der Waals surface area contributed by atoms with E-state index in [0.29, 0.717) is 25.4 Å². The summed E-state index contributed by atoms with van der Waals surface area (Å²) < 4.78 is 5.46. The summed E-state index contributed by atoms with van der Waals surface area (Å²) in [6, 6.07) is 0. The molecule has 0 aromatic carbocycles. The van der Waals surface area contributed by atoms with Crippen LogP contribution in [0.4, 0.5) is 0 Å². The van der Waals surface area contributed by atoms with Gasteiger partial charge in [-0.2, -0.15) is 0 Å².